The molecule has 0 radical (unpaired) electrons. The van der Waals surface area contributed by atoms with Crippen LogP contribution in [0.15, 0.2) is 59.5 Å². The summed E-state index contributed by atoms with van der Waals surface area (Å²) in [5, 5.41) is 12.7. The molecule has 0 bridgehead atoms. The first-order valence-electron chi connectivity index (χ1n) is 10.4. The number of anilines is 1. The van der Waals surface area contributed by atoms with Gasteiger partial charge in [-0.05, 0) is 56.0 Å². The third-order valence-corrected chi connectivity index (χ3v) is 5.61. The van der Waals surface area contributed by atoms with E-state index in [9.17, 15) is 9.59 Å². The molecule has 1 aliphatic rings. The molecular weight excluding hydrogens is 390 g/mol. The maximum Gasteiger partial charge on any atom is 0.293 e. The molecule has 2 heterocycles. The van der Waals surface area contributed by atoms with Crippen LogP contribution in [0.25, 0.3) is 16.6 Å². The number of carbonyl (C=O) groups excluding carboxylic acids is 1. The minimum atomic E-state index is -0.320. The van der Waals surface area contributed by atoms with Crippen molar-refractivity contribution >= 4 is 22.5 Å². The standard InChI is InChI=1S/C24H23N5O2/c1-15-6-5-8-18(12-15)26-21(30)14-28-24(31)23-19(22(27-28)17-10-11-17)13-25-29(23)20-9-4-3-7-16(20)2/h3-9,12-13,17H,10-11,14H2,1-2H3,(H,26,30). The SMILES string of the molecule is Cc1cccc(NC(=O)Cn2nc(C3CC3)c3cnn(-c4ccccc4C)c3c2=O)c1. The summed E-state index contributed by atoms with van der Waals surface area (Å²) in [6.07, 6.45) is 3.79. The van der Waals surface area contributed by atoms with Crippen molar-refractivity contribution in [3.63, 3.8) is 0 Å². The lowest BCUT2D eigenvalue weighted by Gasteiger charge is -2.11. The maximum atomic E-state index is 13.4. The quantitative estimate of drug-likeness (QED) is 0.541. The first-order valence-corrected chi connectivity index (χ1v) is 10.4. The van der Waals surface area contributed by atoms with E-state index >= 15 is 0 Å². The lowest BCUT2D eigenvalue weighted by Crippen LogP contribution is -2.31. The molecule has 1 N–H and O–H groups in total. The molecule has 0 unspecified atom stereocenters. The largest absolute Gasteiger partial charge is 0.324 e. The van der Waals surface area contributed by atoms with Crippen molar-refractivity contribution in [2.75, 3.05) is 5.32 Å². The Morgan fingerprint density at radius 2 is 1.94 bits per heavy atom. The first-order chi connectivity index (χ1) is 15.0. The van der Waals surface area contributed by atoms with Crippen LogP contribution in [0.3, 0.4) is 0 Å². The lowest BCUT2D eigenvalue weighted by molar-refractivity contribution is -0.117. The Kier molecular flexibility index (Phi) is 4.66. The number of aryl methyl sites for hydroxylation is 2. The number of carbonyl (C=O) groups is 1. The van der Waals surface area contributed by atoms with Crippen molar-refractivity contribution in [2.45, 2.75) is 39.2 Å². The van der Waals surface area contributed by atoms with Gasteiger partial charge in [0.05, 0.1) is 17.6 Å². The van der Waals surface area contributed by atoms with E-state index in [0.717, 1.165) is 40.7 Å². The highest BCUT2D eigenvalue weighted by molar-refractivity contribution is 5.91. The molecule has 7 heteroatoms. The van der Waals surface area contributed by atoms with E-state index in [1.165, 1.54) is 4.68 Å². The monoisotopic (exact) mass is 413 g/mol. The highest BCUT2D eigenvalue weighted by atomic mass is 16.2. The van der Waals surface area contributed by atoms with E-state index in [1.54, 1.807) is 10.9 Å². The van der Waals surface area contributed by atoms with E-state index < -0.39 is 0 Å². The molecule has 1 aliphatic carbocycles. The number of amides is 1. The normalized spacial score (nSPS) is 13.5. The van der Waals surface area contributed by atoms with Crippen molar-refractivity contribution in [1.82, 2.24) is 19.6 Å². The van der Waals surface area contributed by atoms with Gasteiger partial charge in [-0.1, -0.05) is 30.3 Å². The summed E-state index contributed by atoms with van der Waals surface area (Å²) < 4.78 is 2.95. The van der Waals surface area contributed by atoms with Crippen molar-refractivity contribution in [3.8, 4) is 5.69 Å². The summed E-state index contributed by atoms with van der Waals surface area (Å²) >= 11 is 0. The summed E-state index contributed by atoms with van der Waals surface area (Å²) in [5.74, 6) is 0.0203. The van der Waals surface area contributed by atoms with Gasteiger partial charge in [0.2, 0.25) is 5.91 Å². The van der Waals surface area contributed by atoms with Gasteiger partial charge in [0.25, 0.3) is 5.56 Å². The van der Waals surface area contributed by atoms with Gasteiger partial charge in [0.1, 0.15) is 12.1 Å². The van der Waals surface area contributed by atoms with Gasteiger partial charge >= 0.3 is 0 Å². The average molecular weight is 413 g/mol. The summed E-state index contributed by atoms with van der Waals surface area (Å²) in [5.41, 5.74) is 4.60. The van der Waals surface area contributed by atoms with Crippen LogP contribution >= 0.6 is 0 Å². The third-order valence-electron chi connectivity index (χ3n) is 5.61. The molecule has 31 heavy (non-hydrogen) atoms. The highest BCUT2D eigenvalue weighted by Gasteiger charge is 2.30. The Bertz CT molecular complexity index is 1360. The zero-order chi connectivity index (χ0) is 21.5. The van der Waals surface area contributed by atoms with Crippen molar-refractivity contribution in [2.24, 2.45) is 0 Å². The minimum Gasteiger partial charge on any atom is -0.324 e. The maximum absolute atomic E-state index is 13.4. The molecule has 7 nitrogen and oxygen atoms in total. The van der Waals surface area contributed by atoms with Crippen LogP contribution < -0.4 is 10.9 Å². The summed E-state index contributed by atoms with van der Waals surface area (Å²) in [6.45, 7) is 3.80. The van der Waals surface area contributed by atoms with Crippen molar-refractivity contribution in [1.29, 1.82) is 0 Å². The Morgan fingerprint density at radius 1 is 1.13 bits per heavy atom. The molecule has 1 fully saturated rings. The van der Waals surface area contributed by atoms with Gasteiger partial charge in [-0.3, -0.25) is 9.59 Å². The number of aromatic nitrogens is 4. The van der Waals surface area contributed by atoms with Crippen LogP contribution in [0.4, 0.5) is 5.69 Å². The fraction of sp³-hybridized carbons (Fsp3) is 0.250. The molecule has 1 amide bonds. The molecule has 1 saturated carbocycles. The van der Waals surface area contributed by atoms with Crippen LogP contribution in [0.5, 0.6) is 0 Å². The van der Waals surface area contributed by atoms with Crippen LogP contribution in [-0.4, -0.2) is 25.5 Å². The molecule has 2 aromatic carbocycles. The van der Waals surface area contributed by atoms with E-state index in [4.69, 9.17) is 0 Å². The van der Waals surface area contributed by atoms with Gasteiger partial charge in [-0.15, -0.1) is 0 Å². The molecule has 5 rings (SSSR count). The van der Waals surface area contributed by atoms with Gasteiger partial charge in [0.15, 0.2) is 0 Å². The van der Waals surface area contributed by atoms with E-state index in [2.05, 4.69) is 15.5 Å². The number of rotatable bonds is 5. The highest BCUT2D eigenvalue weighted by Crippen LogP contribution is 2.41. The molecule has 4 aromatic rings. The van der Waals surface area contributed by atoms with Crippen molar-refractivity contribution < 1.29 is 4.79 Å². The van der Waals surface area contributed by atoms with Gasteiger partial charge in [0, 0.05) is 17.0 Å². The van der Waals surface area contributed by atoms with Crippen LogP contribution in [0.1, 0.15) is 35.6 Å². The summed E-state index contributed by atoms with van der Waals surface area (Å²) in [6, 6.07) is 15.4. The average Bonchev–Trinajstić information content (AvgIpc) is 3.49. The number of nitrogens with one attached hydrogen (secondary N) is 1. The van der Waals surface area contributed by atoms with E-state index in [0.29, 0.717) is 17.1 Å². The molecule has 2 aromatic heterocycles. The molecule has 0 aliphatic heterocycles. The lowest BCUT2D eigenvalue weighted by atomic mass is 10.2. The number of hydrogen-bond donors (Lipinski definition) is 1. The second-order valence-electron chi connectivity index (χ2n) is 8.15. The minimum absolute atomic E-state index is 0.151. The van der Waals surface area contributed by atoms with Crippen LogP contribution in [0.2, 0.25) is 0 Å². The Morgan fingerprint density at radius 3 is 2.68 bits per heavy atom. The Balaban J connectivity index is 1.58. The molecule has 0 spiro atoms. The predicted molar refractivity (Wildman–Crippen MR) is 120 cm³/mol. The summed E-state index contributed by atoms with van der Waals surface area (Å²) in [4.78, 5) is 26.1. The number of para-hydroxylation sites is 1. The fourth-order valence-electron chi connectivity index (χ4n) is 3.90. The number of benzene rings is 2. The third kappa shape index (κ3) is 3.63. The Hall–Kier alpha value is -3.74. The zero-order valence-electron chi connectivity index (χ0n) is 17.5. The second-order valence-corrected chi connectivity index (χ2v) is 8.15. The molecule has 156 valence electrons. The van der Waals surface area contributed by atoms with E-state index in [1.807, 2.05) is 62.4 Å². The zero-order valence-corrected chi connectivity index (χ0v) is 17.5. The number of fused-ring (bicyclic) bond motifs is 1. The molecule has 0 atom stereocenters. The molecular formula is C24H23N5O2. The van der Waals surface area contributed by atoms with E-state index in [-0.39, 0.29) is 18.0 Å². The number of hydrogen-bond acceptors (Lipinski definition) is 4. The second kappa shape index (κ2) is 7.50. The smallest absolute Gasteiger partial charge is 0.293 e. The topological polar surface area (TPSA) is 81.8 Å². The molecule has 0 saturated heterocycles. The Labute approximate surface area is 179 Å². The van der Waals surface area contributed by atoms with Crippen molar-refractivity contribution in [3.05, 3.63) is 81.9 Å². The van der Waals surface area contributed by atoms with Gasteiger partial charge in [-0.2, -0.15) is 10.2 Å². The fourth-order valence-corrected chi connectivity index (χ4v) is 3.90. The first kappa shape index (κ1) is 19.2. The van der Waals surface area contributed by atoms with Gasteiger partial charge < -0.3 is 5.32 Å². The predicted octanol–water partition coefficient (Wildman–Crippen LogP) is 3.72. The number of nitrogens with zero attached hydrogens (tertiary/aromatic N) is 4. The van der Waals surface area contributed by atoms with Crippen LogP contribution in [0, 0.1) is 13.8 Å². The van der Waals surface area contributed by atoms with Gasteiger partial charge in [-0.25, -0.2) is 9.36 Å². The van der Waals surface area contributed by atoms with Crippen LogP contribution in [-0.2, 0) is 11.3 Å². The summed E-state index contributed by atoms with van der Waals surface area (Å²) in [7, 11) is 0.